The first-order valence-electron chi connectivity index (χ1n) is 22.1. The second-order valence-electron chi connectivity index (χ2n) is 16.3. The molecule has 14 heteroatoms. The van der Waals surface area contributed by atoms with Gasteiger partial charge in [-0.1, -0.05) is 72.8 Å². The first kappa shape index (κ1) is 47.9. The van der Waals surface area contributed by atoms with Crippen LogP contribution in [0.25, 0.3) is 0 Å². The van der Waals surface area contributed by atoms with Crippen molar-refractivity contribution in [2.24, 2.45) is 23.7 Å². The Balaban J connectivity index is 1.17. The molecule has 0 unspecified atom stereocenters. The van der Waals surface area contributed by atoms with E-state index in [0.29, 0.717) is 70.0 Å². The number of amides is 2. The Bertz CT molecular complexity index is 2470. The Hall–Kier alpha value is -8.00. The van der Waals surface area contributed by atoms with Crippen molar-refractivity contribution < 1.29 is 57.8 Å². The molecule has 1 aliphatic carbocycles. The van der Waals surface area contributed by atoms with Crippen LogP contribution >= 0.6 is 0 Å². The molecule has 352 valence electrons. The predicted octanol–water partition coefficient (Wildman–Crippen LogP) is 8.80. The predicted molar refractivity (Wildman–Crippen MR) is 252 cm³/mol. The van der Waals surface area contributed by atoms with E-state index in [1.807, 2.05) is 72.8 Å². The Kier molecular flexibility index (Phi) is 15.8. The van der Waals surface area contributed by atoms with Gasteiger partial charge in [0.15, 0.2) is 23.0 Å². The zero-order valence-electron chi connectivity index (χ0n) is 38.3. The Morgan fingerprint density at radius 2 is 0.735 bits per heavy atom. The molecule has 6 aromatic rings. The topological polar surface area (TPSA) is 171 Å². The van der Waals surface area contributed by atoms with Crippen molar-refractivity contribution in [3.63, 3.8) is 0 Å². The van der Waals surface area contributed by atoms with Crippen LogP contribution < -0.4 is 28.4 Å². The van der Waals surface area contributed by atoms with E-state index < -0.39 is 47.4 Å². The highest BCUT2D eigenvalue weighted by Gasteiger charge is 2.64. The molecule has 0 atom stereocenters. The lowest BCUT2D eigenvalue weighted by molar-refractivity contribution is -0.187. The van der Waals surface area contributed by atoms with Crippen LogP contribution in [0.3, 0.4) is 0 Å². The van der Waals surface area contributed by atoms with Gasteiger partial charge < -0.3 is 48.4 Å². The molecule has 1 aliphatic rings. The average Bonchev–Trinajstić information content (AvgIpc) is 3.34. The van der Waals surface area contributed by atoms with E-state index in [1.165, 1.54) is 38.2 Å². The van der Waals surface area contributed by atoms with Crippen LogP contribution in [0.1, 0.15) is 22.3 Å². The summed E-state index contributed by atoms with van der Waals surface area (Å²) in [4.78, 5) is 59.4. The molecule has 14 nitrogen and oxygen atoms in total. The van der Waals surface area contributed by atoms with E-state index in [-0.39, 0.29) is 26.2 Å². The van der Waals surface area contributed by atoms with Crippen LogP contribution in [0.2, 0.25) is 0 Å². The van der Waals surface area contributed by atoms with E-state index in [0.717, 1.165) is 11.1 Å². The summed E-state index contributed by atoms with van der Waals surface area (Å²) in [5.74, 6) is -6.19. The van der Waals surface area contributed by atoms with E-state index in [1.54, 1.807) is 72.8 Å². The quantitative estimate of drug-likeness (QED) is 0.0665. The number of ether oxygens (including phenoxy) is 6. The van der Waals surface area contributed by atoms with Crippen molar-refractivity contribution in [3.05, 3.63) is 168 Å². The first-order chi connectivity index (χ1) is 33.0. The second kappa shape index (κ2) is 22.5. The van der Waals surface area contributed by atoms with Crippen LogP contribution in [0.4, 0.5) is 0 Å². The largest absolute Gasteiger partial charge is 0.493 e. The summed E-state index contributed by atoms with van der Waals surface area (Å²) < 4.78 is 33.8. The van der Waals surface area contributed by atoms with Crippen molar-refractivity contribution >= 4 is 23.8 Å². The summed E-state index contributed by atoms with van der Waals surface area (Å²) in [6.07, 6.45) is 0.621. The van der Waals surface area contributed by atoms with Crippen LogP contribution in [0.5, 0.6) is 46.0 Å². The van der Waals surface area contributed by atoms with Gasteiger partial charge in [-0.3, -0.25) is 19.2 Å². The summed E-state index contributed by atoms with van der Waals surface area (Å²) in [5.41, 5.74) is 2.97. The molecule has 2 amide bonds. The smallest absolute Gasteiger partial charge is 0.308 e. The van der Waals surface area contributed by atoms with Gasteiger partial charge in [-0.15, -0.1) is 0 Å². The summed E-state index contributed by atoms with van der Waals surface area (Å²) in [6, 6.07) is 43.5. The Morgan fingerprint density at radius 3 is 1.06 bits per heavy atom. The first-order valence-corrected chi connectivity index (χ1v) is 22.1. The van der Waals surface area contributed by atoms with E-state index in [4.69, 9.17) is 28.4 Å². The van der Waals surface area contributed by atoms with Gasteiger partial charge in [-0.05, 0) is 108 Å². The molecule has 0 saturated heterocycles. The van der Waals surface area contributed by atoms with E-state index in [2.05, 4.69) is 0 Å². The van der Waals surface area contributed by atoms with Gasteiger partial charge in [0.05, 0.1) is 52.1 Å². The maximum atomic E-state index is 14.9. The summed E-state index contributed by atoms with van der Waals surface area (Å²) in [6.45, 7) is 0.220. The van der Waals surface area contributed by atoms with Gasteiger partial charge in [0, 0.05) is 26.2 Å². The number of para-hydroxylation sites is 2. The number of carboxylic acids is 2. The number of carbonyl (C=O) groups excluding carboxylic acids is 2. The van der Waals surface area contributed by atoms with E-state index >= 15 is 0 Å². The van der Waals surface area contributed by atoms with E-state index in [9.17, 15) is 29.4 Å². The maximum absolute atomic E-state index is 14.9. The minimum absolute atomic E-state index is 0.0208. The SMILES string of the molecule is COc1ccc(CCN(Cc2ccc(Oc3ccccc3)cc2)C(=O)[C@H]2[C@H](C(=O)O)[C@H](C(=O)N(CCc3ccc(OC)c(OC)c3)Cc3ccc(Oc4ccccc4)cc3)[C@@H]2C(=O)O)cc1OC. The maximum Gasteiger partial charge on any atom is 0.308 e. The van der Waals surface area contributed by atoms with Gasteiger partial charge in [0.25, 0.3) is 0 Å². The lowest BCUT2D eigenvalue weighted by Gasteiger charge is -2.48. The van der Waals surface area contributed by atoms with Crippen molar-refractivity contribution in [2.75, 3.05) is 41.5 Å². The Morgan fingerprint density at radius 1 is 0.412 bits per heavy atom. The molecular formula is C54H54N2O12. The summed E-state index contributed by atoms with van der Waals surface area (Å²) in [5, 5.41) is 21.7. The van der Waals surface area contributed by atoms with Gasteiger partial charge in [0.1, 0.15) is 23.0 Å². The average molecular weight is 923 g/mol. The fourth-order valence-electron chi connectivity index (χ4n) is 8.55. The molecule has 6 aromatic carbocycles. The van der Waals surface area contributed by atoms with Crippen molar-refractivity contribution in [1.29, 1.82) is 0 Å². The number of methoxy groups -OCH3 is 4. The molecule has 0 aromatic heterocycles. The van der Waals surface area contributed by atoms with Crippen molar-refractivity contribution in [3.8, 4) is 46.0 Å². The molecule has 0 spiro atoms. The van der Waals surface area contributed by atoms with Crippen molar-refractivity contribution in [1.82, 2.24) is 9.80 Å². The van der Waals surface area contributed by atoms with Crippen LogP contribution in [0.15, 0.2) is 146 Å². The number of rotatable bonds is 22. The molecule has 0 radical (unpaired) electrons. The lowest BCUT2D eigenvalue weighted by Crippen LogP contribution is -2.64. The minimum Gasteiger partial charge on any atom is -0.493 e. The zero-order chi connectivity index (χ0) is 48.2. The molecule has 0 heterocycles. The third-order valence-electron chi connectivity index (χ3n) is 12.1. The lowest BCUT2D eigenvalue weighted by atomic mass is 9.55. The van der Waals surface area contributed by atoms with Crippen LogP contribution in [-0.4, -0.2) is 85.3 Å². The molecule has 1 saturated carbocycles. The number of hydrogen-bond acceptors (Lipinski definition) is 10. The molecule has 2 N–H and O–H groups in total. The molecule has 0 bridgehead atoms. The number of carbonyl (C=O) groups is 4. The zero-order valence-corrected chi connectivity index (χ0v) is 38.3. The van der Waals surface area contributed by atoms with Gasteiger partial charge in [-0.25, -0.2) is 0 Å². The summed E-state index contributed by atoms with van der Waals surface area (Å²) in [7, 11) is 6.09. The molecule has 7 rings (SSSR count). The van der Waals surface area contributed by atoms with Crippen LogP contribution in [0, 0.1) is 23.7 Å². The Labute approximate surface area is 395 Å². The standard InChI is InChI=1S/C54H54N2O12/c1-63-43-25-19-35(31-45(43)65-3)27-29-55(33-37-15-21-41(22-16-37)67-39-11-7-5-8-12-39)51(57)47-49(53(59)60)48(50(47)54(61)62)52(58)56(30-28-36-20-26-44(64-2)46(32-36)66-4)34-38-17-23-42(24-18-38)68-40-13-9-6-10-14-40/h5-26,31-32,47-50H,27-30,33-34H2,1-4H3,(H,59,60)(H,61,62)/t47-,48-,49-,50+. The molecular weight excluding hydrogens is 869 g/mol. The minimum atomic E-state index is -1.63. The highest BCUT2D eigenvalue weighted by atomic mass is 16.5. The highest BCUT2D eigenvalue weighted by Crippen LogP contribution is 2.49. The van der Waals surface area contributed by atoms with Crippen LogP contribution in [-0.2, 0) is 45.1 Å². The summed E-state index contributed by atoms with van der Waals surface area (Å²) >= 11 is 0. The van der Waals surface area contributed by atoms with Crippen molar-refractivity contribution in [2.45, 2.75) is 25.9 Å². The van der Waals surface area contributed by atoms with Gasteiger partial charge >= 0.3 is 11.9 Å². The number of aliphatic carboxylic acids is 2. The van der Waals surface area contributed by atoms with Gasteiger partial charge in [-0.2, -0.15) is 0 Å². The number of nitrogens with zero attached hydrogens (tertiary/aromatic N) is 2. The highest BCUT2D eigenvalue weighted by molar-refractivity contribution is 5.99. The van der Waals surface area contributed by atoms with Gasteiger partial charge in [0.2, 0.25) is 11.8 Å². The monoisotopic (exact) mass is 922 g/mol. The molecule has 68 heavy (non-hydrogen) atoms. The third-order valence-corrected chi connectivity index (χ3v) is 12.1. The number of hydrogen-bond donors (Lipinski definition) is 2. The number of benzene rings is 6. The molecule has 0 aliphatic heterocycles. The fourth-order valence-corrected chi connectivity index (χ4v) is 8.55. The molecule has 1 fully saturated rings. The number of carboxylic acid groups (broad SMARTS) is 2. The second-order valence-corrected chi connectivity index (χ2v) is 16.3. The third kappa shape index (κ3) is 11.5. The normalized spacial score (nSPS) is 16.1. The fraction of sp³-hybridized carbons (Fsp3) is 0.259.